The van der Waals surface area contributed by atoms with Gasteiger partial charge in [0.1, 0.15) is 0 Å². The quantitative estimate of drug-likeness (QED) is 0.788. The monoisotopic (exact) mass is 267 g/mol. The number of carbonyl (C=O) groups excluding carboxylic acids is 2. The normalized spacial score (nSPS) is 18.3. The zero-order valence-electron chi connectivity index (χ0n) is 10.6. The molecule has 5 heteroatoms. The summed E-state index contributed by atoms with van der Waals surface area (Å²) in [4.78, 5) is 26.9. The lowest BCUT2D eigenvalue weighted by Crippen LogP contribution is -2.43. The molecule has 0 radical (unpaired) electrons. The number of methoxy groups -OCH3 is 1. The molecule has 0 aromatic carbocycles. The van der Waals surface area contributed by atoms with Crippen molar-refractivity contribution in [2.75, 3.05) is 13.7 Å². The molecule has 0 N–H and O–H groups in total. The Morgan fingerprint density at radius 3 is 3.00 bits per heavy atom. The van der Waals surface area contributed by atoms with Crippen LogP contribution in [0, 0.1) is 0 Å². The summed E-state index contributed by atoms with van der Waals surface area (Å²) in [6, 6.07) is 1.37. The minimum absolute atomic E-state index is 0.0322. The first kappa shape index (κ1) is 13.1. The second kappa shape index (κ2) is 5.52. The average Bonchev–Trinajstić information content (AvgIpc) is 2.85. The third kappa shape index (κ3) is 2.27. The van der Waals surface area contributed by atoms with Gasteiger partial charge >= 0.3 is 5.97 Å². The highest BCUT2D eigenvalue weighted by Gasteiger charge is 2.36. The first-order chi connectivity index (χ1) is 8.69. The van der Waals surface area contributed by atoms with Crippen LogP contribution in [0.1, 0.15) is 36.2 Å². The van der Waals surface area contributed by atoms with Crippen LogP contribution in [0.5, 0.6) is 0 Å². The Morgan fingerprint density at radius 2 is 2.33 bits per heavy atom. The van der Waals surface area contributed by atoms with Crippen LogP contribution >= 0.6 is 11.3 Å². The molecule has 1 amide bonds. The van der Waals surface area contributed by atoms with Crippen molar-refractivity contribution in [1.82, 2.24) is 4.90 Å². The van der Waals surface area contributed by atoms with Gasteiger partial charge in [-0.25, -0.2) is 4.79 Å². The SMILES string of the molecule is CCCC(=O)N1CCc2sccc2C1C(=O)OC. The van der Waals surface area contributed by atoms with Gasteiger partial charge in [0.25, 0.3) is 0 Å². The van der Waals surface area contributed by atoms with Gasteiger partial charge in [-0.1, -0.05) is 6.92 Å². The molecule has 0 bridgehead atoms. The summed E-state index contributed by atoms with van der Waals surface area (Å²) < 4.78 is 4.85. The van der Waals surface area contributed by atoms with Crippen LogP contribution in [0.25, 0.3) is 0 Å². The molecule has 1 aromatic heterocycles. The van der Waals surface area contributed by atoms with E-state index in [-0.39, 0.29) is 11.9 Å². The number of esters is 1. The van der Waals surface area contributed by atoms with Gasteiger partial charge in [-0.3, -0.25) is 4.79 Å². The summed E-state index contributed by atoms with van der Waals surface area (Å²) in [5.74, 6) is -0.316. The molecule has 2 rings (SSSR count). The van der Waals surface area contributed by atoms with E-state index < -0.39 is 6.04 Å². The molecule has 1 unspecified atom stereocenters. The minimum atomic E-state index is -0.552. The van der Waals surface area contributed by atoms with Crippen molar-refractivity contribution in [3.05, 3.63) is 21.9 Å². The van der Waals surface area contributed by atoms with Crippen molar-refractivity contribution >= 4 is 23.2 Å². The minimum Gasteiger partial charge on any atom is -0.467 e. The molecule has 0 saturated heterocycles. The molecule has 0 spiro atoms. The van der Waals surface area contributed by atoms with Crippen molar-refractivity contribution in [3.63, 3.8) is 0 Å². The van der Waals surface area contributed by atoms with Gasteiger partial charge in [0, 0.05) is 17.8 Å². The van der Waals surface area contributed by atoms with E-state index in [2.05, 4.69) is 0 Å². The number of rotatable bonds is 3. The summed E-state index contributed by atoms with van der Waals surface area (Å²) in [7, 11) is 1.37. The highest BCUT2D eigenvalue weighted by molar-refractivity contribution is 7.10. The Hall–Kier alpha value is -1.36. The third-order valence-corrected chi connectivity index (χ3v) is 4.17. The van der Waals surface area contributed by atoms with Crippen molar-refractivity contribution in [3.8, 4) is 0 Å². The number of carbonyl (C=O) groups is 2. The van der Waals surface area contributed by atoms with Crippen molar-refractivity contribution in [2.24, 2.45) is 0 Å². The van der Waals surface area contributed by atoms with E-state index >= 15 is 0 Å². The molecule has 1 aromatic rings. The maximum Gasteiger partial charge on any atom is 0.333 e. The number of ether oxygens (including phenoxy) is 1. The zero-order chi connectivity index (χ0) is 13.1. The highest BCUT2D eigenvalue weighted by atomic mass is 32.1. The first-order valence-electron chi connectivity index (χ1n) is 6.12. The fourth-order valence-electron chi connectivity index (χ4n) is 2.31. The van der Waals surface area contributed by atoms with E-state index in [1.54, 1.807) is 16.2 Å². The molecule has 1 aliphatic heterocycles. The number of fused-ring (bicyclic) bond motifs is 1. The summed E-state index contributed by atoms with van der Waals surface area (Å²) in [6.45, 7) is 2.57. The molecular weight excluding hydrogens is 250 g/mol. The van der Waals surface area contributed by atoms with Crippen LogP contribution in [-0.2, 0) is 20.7 Å². The molecule has 98 valence electrons. The second-order valence-corrected chi connectivity index (χ2v) is 5.31. The molecule has 0 fully saturated rings. The summed E-state index contributed by atoms with van der Waals surface area (Å²) in [5.41, 5.74) is 0.933. The van der Waals surface area contributed by atoms with E-state index in [1.165, 1.54) is 12.0 Å². The number of thiophene rings is 1. The predicted molar refractivity (Wildman–Crippen MR) is 69.4 cm³/mol. The van der Waals surface area contributed by atoms with Gasteiger partial charge in [0.15, 0.2) is 6.04 Å². The first-order valence-corrected chi connectivity index (χ1v) is 7.00. The van der Waals surface area contributed by atoms with Crippen LogP contribution < -0.4 is 0 Å². The maximum atomic E-state index is 12.1. The number of hydrogen-bond donors (Lipinski definition) is 0. The van der Waals surface area contributed by atoms with Gasteiger partial charge in [0.2, 0.25) is 5.91 Å². The fourth-order valence-corrected chi connectivity index (χ4v) is 3.21. The fraction of sp³-hybridized carbons (Fsp3) is 0.538. The summed E-state index contributed by atoms with van der Waals surface area (Å²) >= 11 is 1.64. The van der Waals surface area contributed by atoms with Gasteiger partial charge in [0.05, 0.1) is 7.11 Å². The Kier molecular flexibility index (Phi) is 4.01. The van der Waals surface area contributed by atoms with Crippen LogP contribution in [0.3, 0.4) is 0 Å². The van der Waals surface area contributed by atoms with E-state index in [4.69, 9.17) is 4.74 Å². The van der Waals surface area contributed by atoms with E-state index in [9.17, 15) is 9.59 Å². The highest BCUT2D eigenvalue weighted by Crippen LogP contribution is 2.34. The Bertz CT molecular complexity index is 455. The number of nitrogens with zero attached hydrogens (tertiary/aromatic N) is 1. The standard InChI is InChI=1S/C13H17NO3S/c1-3-4-11(15)14-7-5-10-9(6-8-18-10)12(14)13(16)17-2/h6,8,12H,3-5,7H2,1-2H3. The number of hydrogen-bond acceptors (Lipinski definition) is 4. The Balaban J connectivity index is 2.31. The lowest BCUT2D eigenvalue weighted by atomic mass is 9.99. The second-order valence-electron chi connectivity index (χ2n) is 4.31. The topological polar surface area (TPSA) is 46.6 Å². The zero-order valence-corrected chi connectivity index (χ0v) is 11.5. The molecule has 4 nitrogen and oxygen atoms in total. The van der Waals surface area contributed by atoms with E-state index in [0.717, 1.165) is 18.4 Å². The van der Waals surface area contributed by atoms with Gasteiger partial charge in [-0.05, 0) is 29.9 Å². The van der Waals surface area contributed by atoms with Crippen LogP contribution in [-0.4, -0.2) is 30.4 Å². The molecule has 18 heavy (non-hydrogen) atoms. The summed E-state index contributed by atoms with van der Waals surface area (Å²) in [5, 5.41) is 1.97. The average molecular weight is 267 g/mol. The van der Waals surface area contributed by atoms with Gasteiger partial charge in [-0.2, -0.15) is 0 Å². The maximum absolute atomic E-state index is 12.1. The lowest BCUT2D eigenvalue weighted by Gasteiger charge is -2.34. The van der Waals surface area contributed by atoms with Crippen molar-refractivity contribution in [1.29, 1.82) is 0 Å². The van der Waals surface area contributed by atoms with E-state index in [0.29, 0.717) is 13.0 Å². The van der Waals surface area contributed by atoms with E-state index in [1.807, 2.05) is 18.4 Å². The molecule has 0 aliphatic carbocycles. The molecule has 2 heterocycles. The van der Waals surface area contributed by atoms with Crippen LogP contribution in [0.4, 0.5) is 0 Å². The van der Waals surface area contributed by atoms with Crippen LogP contribution in [0.2, 0.25) is 0 Å². The van der Waals surface area contributed by atoms with Crippen molar-refractivity contribution < 1.29 is 14.3 Å². The molecule has 1 atom stereocenters. The lowest BCUT2D eigenvalue weighted by molar-refractivity contribution is -0.153. The number of amides is 1. The van der Waals surface area contributed by atoms with Gasteiger partial charge < -0.3 is 9.64 Å². The van der Waals surface area contributed by atoms with Crippen molar-refractivity contribution in [2.45, 2.75) is 32.2 Å². The molecule has 1 aliphatic rings. The van der Waals surface area contributed by atoms with Gasteiger partial charge in [-0.15, -0.1) is 11.3 Å². The Morgan fingerprint density at radius 1 is 1.56 bits per heavy atom. The predicted octanol–water partition coefficient (Wildman–Crippen LogP) is 2.15. The molecular formula is C13H17NO3S. The molecule has 0 saturated carbocycles. The smallest absolute Gasteiger partial charge is 0.333 e. The summed E-state index contributed by atoms with van der Waals surface area (Å²) in [6.07, 6.45) is 2.10. The van der Waals surface area contributed by atoms with Crippen LogP contribution in [0.15, 0.2) is 11.4 Å². The third-order valence-electron chi connectivity index (χ3n) is 3.17. The Labute approximate surface area is 111 Å². The largest absolute Gasteiger partial charge is 0.467 e.